The maximum absolute atomic E-state index is 11.6. The number of hydrogen-bond donors (Lipinski definition) is 1. The van der Waals surface area contributed by atoms with E-state index in [-0.39, 0.29) is 46.0 Å². The summed E-state index contributed by atoms with van der Waals surface area (Å²) in [6.07, 6.45) is 1.97. The second-order valence-electron chi connectivity index (χ2n) is 5.92. The first-order valence-electron chi connectivity index (χ1n) is 8.35. The van der Waals surface area contributed by atoms with Crippen molar-refractivity contribution in [3.63, 3.8) is 0 Å². The van der Waals surface area contributed by atoms with E-state index in [1.165, 1.54) is 6.33 Å². The van der Waals surface area contributed by atoms with Crippen LogP contribution in [0, 0.1) is 0 Å². The number of carbonyl (C=O) groups is 2. The van der Waals surface area contributed by atoms with Crippen LogP contribution in [0.5, 0.6) is 11.6 Å². The Labute approximate surface area is 189 Å². The number of benzene rings is 1. The number of imide groups is 1. The molecule has 28 heavy (non-hydrogen) atoms. The van der Waals surface area contributed by atoms with Crippen LogP contribution >= 0.6 is 11.8 Å². The van der Waals surface area contributed by atoms with Crippen LogP contribution in [0.1, 0.15) is 5.56 Å². The Balaban J connectivity index is 0.00000280. The van der Waals surface area contributed by atoms with Crippen LogP contribution in [0.2, 0.25) is 0 Å². The third-order valence-corrected chi connectivity index (χ3v) is 5.02. The molecule has 143 valence electrons. The summed E-state index contributed by atoms with van der Waals surface area (Å²) < 4.78 is 10.9. The molecule has 8 nitrogen and oxygen atoms in total. The molecule has 1 saturated heterocycles. The number of ether oxygens (including phenoxy) is 2. The molecule has 1 N–H and O–H groups in total. The van der Waals surface area contributed by atoms with Gasteiger partial charge in [-0.2, -0.15) is 0 Å². The van der Waals surface area contributed by atoms with Crippen molar-refractivity contribution >= 4 is 58.3 Å². The Bertz CT molecular complexity index is 821. The molecule has 2 heterocycles. The van der Waals surface area contributed by atoms with E-state index in [0.717, 1.165) is 28.9 Å². The van der Waals surface area contributed by atoms with Crippen molar-refractivity contribution in [2.75, 3.05) is 32.2 Å². The number of aromatic nitrogens is 2. The van der Waals surface area contributed by atoms with Gasteiger partial charge in [0.15, 0.2) is 0 Å². The summed E-state index contributed by atoms with van der Waals surface area (Å²) in [5.74, 6) is 1.78. The van der Waals surface area contributed by atoms with Gasteiger partial charge in [0, 0.05) is 42.7 Å². The summed E-state index contributed by atoms with van der Waals surface area (Å²) in [7, 11) is 3.48. The maximum Gasteiger partial charge on any atom is 0.286 e. The molecule has 1 aliphatic rings. The molecule has 10 heteroatoms. The first-order valence-corrected chi connectivity index (χ1v) is 9.23. The van der Waals surface area contributed by atoms with Crippen molar-refractivity contribution < 1.29 is 19.1 Å². The van der Waals surface area contributed by atoms with E-state index in [0.29, 0.717) is 25.5 Å². The number of carbonyl (C=O) groups excluding carboxylic acids is 2. The van der Waals surface area contributed by atoms with E-state index in [2.05, 4.69) is 15.3 Å². The zero-order chi connectivity index (χ0) is 19.2. The van der Waals surface area contributed by atoms with E-state index in [4.69, 9.17) is 9.47 Å². The molecule has 3 rings (SSSR count). The Kier molecular flexibility index (Phi) is 8.56. The van der Waals surface area contributed by atoms with Crippen LogP contribution in [-0.2, 0) is 11.2 Å². The third-order valence-electron chi connectivity index (χ3n) is 4.03. The summed E-state index contributed by atoms with van der Waals surface area (Å²) in [6, 6.07) is 9.30. The van der Waals surface area contributed by atoms with Crippen LogP contribution in [-0.4, -0.2) is 83.2 Å². The maximum atomic E-state index is 11.6. The average molecular weight is 411 g/mol. The van der Waals surface area contributed by atoms with Gasteiger partial charge in [-0.25, -0.2) is 9.97 Å². The molecule has 0 bridgehead atoms. The van der Waals surface area contributed by atoms with Crippen molar-refractivity contribution in [1.29, 1.82) is 0 Å². The predicted molar refractivity (Wildman–Crippen MR) is 108 cm³/mol. The monoisotopic (exact) mass is 411 g/mol. The molecule has 0 saturated carbocycles. The molecule has 0 aliphatic carbocycles. The molecule has 1 aromatic heterocycles. The topological polar surface area (TPSA) is 93.7 Å². The number of amides is 2. The van der Waals surface area contributed by atoms with Gasteiger partial charge < -0.3 is 14.4 Å². The number of nitrogens with zero attached hydrogens (tertiary/aromatic N) is 3. The Morgan fingerprint density at radius 2 is 1.96 bits per heavy atom. The minimum Gasteiger partial charge on any atom is -0.492 e. The van der Waals surface area contributed by atoms with Gasteiger partial charge in [0.25, 0.3) is 5.24 Å². The summed E-state index contributed by atoms with van der Waals surface area (Å²) in [4.78, 5) is 33.0. The van der Waals surface area contributed by atoms with Crippen molar-refractivity contribution in [2.45, 2.75) is 11.7 Å². The van der Waals surface area contributed by atoms with E-state index in [9.17, 15) is 9.59 Å². The van der Waals surface area contributed by atoms with Gasteiger partial charge in [0.2, 0.25) is 11.8 Å². The fourth-order valence-electron chi connectivity index (χ4n) is 2.53. The summed E-state index contributed by atoms with van der Waals surface area (Å²) in [6.45, 7) is 1.13. The normalized spacial score (nSPS) is 15.6. The number of nitrogens with one attached hydrogen (secondary N) is 1. The SMILES string of the molecule is COc1cc(N(C)CCOc2ccc(CC3SC(=O)NC3=O)cc2)ncn1.[Na]. The Morgan fingerprint density at radius 3 is 2.61 bits per heavy atom. The van der Waals surface area contributed by atoms with Gasteiger partial charge in [-0.3, -0.25) is 14.9 Å². The Morgan fingerprint density at radius 1 is 1.21 bits per heavy atom. The fourth-order valence-corrected chi connectivity index (χ4v) is 3.39. The van der Waals surface area contributed by atoms with Gasteiger partial charge in [0.1, 0.15) is 24.5 Å². The molecule has 1 fully saturated rings. The first kappa shape index (κ1) is 22.5. The van der Waals surface area contributed by atoms with Gasteiger partial charge in [-0.05, 0) is 24.1 Å². The number of thioether (sulfide) groups is 1. The quantitative estimate of drug-likeness (QED) is 0.654. The molecule has 1 atom stereocenters. The Hall–Kier alpha value is -1.81. The second kappa shape index (κ2) is 10.7. The number of anilines is 1. The molecule has 0 spiro atoms. The number of methoxy groups -OCH3 is 1. The molecule has 2 aromatic rings. The zero-order valence-corrected chi connectivity index (χ0v) is 18.9. The van der Waals surface area contributed by atoms with Gasteiger partial charge in [-0.1, -0.05) is 23.9 Å². The molecule has 1 aliphatic heterocycles. The number of hydrogen-bond acceptors (Lipinski definition) is 8. The van der Waals surface area contributed by atoms with E-state index in [1.54, 1.807) is 13.2 Å². The summed E-state index contributed by atoms with van der Waals surface area (Å²) >= 11 is 1.03. The van der Waals surface area contributed by atoms with Crippen LogP contribution in [0.4, 0.5) is 10.6 Å². The van der Waals surface area contributed by atoms with Gasteiger partial charge in [0.05, 0.1) is 18.9 Å². The van der Waals surface area contributed by atoms with E-state index < -0.39 is 0 Å². The van der Waals surface area contributed by atoms with Gasteiger partial charge >= 0.3 is 0 Å². The average Bonchev–Trinajstić information content (AvgIpc) is 3.00. The number of rotatable bonds is 8. The van der Waals surface area contributed by atoms with Crippen molar-refractivity contribution in [2.24, 2.45) is 0 Å². The largest absolute Gasteiger partial charge is 0.492 e. The van der Waals surface area contributed by atoms with E-state index >= 15 is 0 Å². The molecular weight excluding hydrogens is 391 g/mol. The first-order chi connectivity index (χ1) is 13.0. The predicted octanol–water partition coefficient (Wildman–Crippen LogP) is 1.51. The minimum absolute atomic E-state index is 0. The van der Waals surface area contributed by atoms with E-state index in [1.807, 2.05) is 36.2 Å². The van der Waals surface area contributed by atoms with Crippen molar-refractivity contribution in [1.82, 2.24) is 15.3 Å². The summed E-state index contributed by atoms with van der Waals surface area (Å²) in [5.41, 5.74) is 0.981. The smallest absolute Gasteiger partial charge is 0.286 e. The van der Waals surface area contributed by atoms with Crippen molar-refractivity contribution in [3.8, 4) is 11.6 Å². The number of likely N-dealkylation sites (N-methyl/N-ethyl adjacent to an activating group) is 1. The zero-order valence-electron chi connectivity index (χ0n) is 16.0. The summed E-state index contributed by atoms with van der Waals surface area (Å²) in [5, 5.41) is 1.66. The van der Waals surface area contributed by atoms with Crippen LogP contribution < -0.4 is 19.7 Å². The van der Waals surface area contributed by atoms with Crippen LogP contribution in [0.3, 0.4) is 0 Å². The molecular formula is C18H20N4NaO4S. The van der Waals surface area contributed by atoms with Crippen LogP contribution in [0.15, 0.2) is 36.7 Å². The molecule has 1 radical (unpaired) electrons. The molecule has 2 amide bonds. The fraction of sp³-hybridized carbons (Fsp3) is 0.333. The van der Waals surface area contributed by atoms with Crippen LogP contribution in [0.25, 0.3) is 0 Å². The minimum atomic E-state index is -0.359. The van der Waals surface area contributed by atoms with Crippen molar-refractivity contribution in [3.05, 3.63) is 42.2 Å². The second-order valence-corrected chi connectivity index (χ2v) is 7.10. The van der Waals surface area contributed by atoms with Gasteiger partial charge in [-0.15, -0.1) is 0 Å². The molecule has 1 aromatic carbocycles. The molecule has 1 unspecified atom stereocenters. The third kappa shape index (κ3) is 6.10. The standard InChI is InChI=1S/C18H20N4O4S.Na/c1-22(15-10-16(25-2)20-11-19-15)7-8-26-13-5-3-12(4-6-13)9-14-17(23)21-18(24)27-14;/h3-6,10-11,14H,7-9H2,1-2H3,(H,21,23,24);.